The number of phenols is 1. The molecule has 3 heteroatoms. The number of halogens is 1. The highest BCUT2D eigenvalue weighted by Gasteiger charge is 2.12. The molecular weight excluding hydrogens is 342 g/mol. The van der Waals surface area contributed by atoms with E-state index in [4.69, 9.17) is 16.6 Å². The van der Waals surface area contributed by atoms with Gasteiger partial charge in [-0.05, 0) is 41.5 Å². The molecule has 1 aromatic heterocycles. The molecule has 4 aromatic rings. The van der Waals surface area contributed by atoms with Gasteiger partial charge in [0.15, 0.2) is 0 Å². The first-order valence-electron chi connectivity index (χ1n) is 8.32. The number of hydrogen-bond acceptors (Lipinski definition) is 2. The minimum absolute atomic E-state index is 0.158. The fourth-order valence-electron chi connectivity index (χ4n) is 2.94. The average molecular weight is 358 g/mol. The summed E-state index contributed by atoms with van der Waals surface area (Å²) >= 11 is 6.14. The molecule has 0 aliphatic carbocycles. The van der Waals surface area contributed by atoms with Crippen molar-refractivity contribution in [1.29, 1.82) is 0 Å². The average Bonchev–Trinajstić information content (AvgIpc) is 2.71. The summed E-state index contributed by atoms with van der Waals surface area (Å²) in [5.74, 6) is 0.158. The fraction of sp³-hybridized carbons (Fsp3) is 0. The highest BCUT2D eigenvalue weighted by molar-refractivity contribution is 6.31. The van der Waals surface area contributed by atoms with Crippen LogP contribution in [0, 0.1) is 0 Å². The number of aromatic hydroxyl groups is 1. The second-order valence-corrected chi connectivity index (χ2v) is 6.46. The molecule has 4 rings (SSSR count). The maximum absolute atomic E-state index is 10.3. The molecule has 26 heavy (non-hydrogen) atoms. The Morgan fingerprint density at radius 3 is 1.92 bits per heavy atom. The first-order valence-corrected chi connectivity index (χ1v) is 8.70. The van der Waals surface area contributed by atoms with Crippen LogP contribution in [-0.2, 0) is 0 Å². The van der Waals surface area contributed by atoms with Crippen LogP contribution in [0.3, 0.4) is 0 Å². The van der Waals surface area contributed by atoms with E-state index in [-0.39, 0.29) is 5.75 Å². The Labute approximate surface area is 157 Å². The lowest BCUT2D eigenvalue weighted by atomic mass is 10.00. The molecule has 0 spiro atoms. The fourth-order valence-corrected chi connectivity index (χ4v) is 3.11. The maximum atomic E-state index is 10.3. The van der Waals surface area contributed by atoms with E-state index < -0.39 is 0 Å². The molecule has 0 aliphatic heterocycles. The summed E-state index contributed by atoms with van der Waals surface area (Å²) in [7, 11) is 0. The van der Waals surface area contributed by atoms with Crippen molar-refractivity contribution in [3.8, 4) is 39.4 Å². The second-order valence-electron chi connectivity index (χ2n) is 6.02. The van der Waals surface area contributed by atoms with E-state index in [1.54, 1.807) is 18.2 Å². The third-order valence-corrected chi connectivity index (χ3v) is 4.47. The van der Waals surface area contributed by atoms with Gasteiger partial charge in [-0.1, -0.05) is 72.3 Å². The summed E-state index contributed by atoms with van der Waals surface area (Å²) in [6, 6.07) is 29.2. The molecule has 2 nitrogen and oxygen atoms in total. The van der Waals surface area contributed by atoms with Crippen molar-refractivity contribution in [2.24, 2.45) is 0 Å². The summed E-state index contributed by atoms with van der Waals surface area (Å²) in [4.78, 5) is 4.78. The molecule has 3 aromatic carbocycles. The molecule has 1 N–H and O–H groups in total. The number of nitrogens with zero attached hydrogens (tertiary/aromatic N) is 1. The summed E-state index contributed by atoms with van der Waals surface area (Å²) in [5, 5.41) is 10.9. The molecule has 0 fully saturated rings. The molecule has 0 amide bonds. The van der Waals surface area contributed by atoms with Crippen LogP contribution in [0.25, 0.3) is 33.6 Å². The van der Waals surface area contributed by atoms with Gasteiger partial charge in [0.2, 0.25) is 0 Å². The van der Waals surface area contributed by atoms with Crippen LogP contribution in [0.1, 0.15) is 0 Å². The Morgan fingerprint density at radius 1 is 0.615 bits per heavy atom. The van der Waals surface area contributed by atoms with E-state index in [0.717, 1.165) is 22.4 Å². The van der Waals surface area contributed by atoms with E-state index in [9.17, 15) is 5.11 Å². The van der Waals surface area contributed by atoms with Crippen molar-refractivity contribution in [3.05, 3.63) is 96.0 Å². The normalized spacial score (nSPS) is 10.7. The van der Waals surface area contributed by atoms with E-state index >= 15 is 0 Å². The predicted octanol–water partition coefficient (Wildman–Crippen LogP) is 6.44. The lowest BCUT2D eigenvalue weighted by molar-refractivity contribution is 0.477. The Bertz CT molecular complexity index is 989. The molecule has 0 bridgehead atoms. The first-order chi connectivity index (χ1) is 12.7. The molecular formula is C23H16ClNO. The summed E-state index contributed by atoms with van der Waals surface area (Å²) < 4.78 is 0. The van der Waals surface area contributed by atoms with Gasteiger partial charge in [-0.15, -0.1) is 0 Å². The van der Waals surface area contributed by atoms with Crippen LogP contribution >= 0.6 is 11.6 Å². The summed E-state index contributed by atoms with van der Waals surface area (Å²) in [5.41, 5.74) is 5.30. The zero-order valence-corrected chi connectivity index (χ0v) is 14.7. The van der Waals surface area contributed by atoms with Crippen molar-refractivity contribution >= 4 is 11.6 Å². The quantitative estimate of drug-likeness (QED) is 0.457. The van der Waals surface area contributed by atoms with E-state index in [0.29, 0.717) is 16.3 Å². The SMILES string of the molecule is Oc1ccc(Cl)cc1-c1cc(-c2ccccc2)cc(-c2ccccc2)n1. The van der Waals surface area contributed by atoms with Crippen molar-refractivity contribution in [2.75, 3.05) is 0 Å². The van der Waals surface area contributed by atoms with Crippen molar-refractivity contribution in [3.63, 3.8) is 0 Å². The van der Waals surface area contributed by atoms with Gasteiger partial charge >= 0.3 is 0 Å². The smallest absolute Gasteiger partial charge is 0.125 e. The van der Waals surface area contributed by atoms with Crippen LogP contribution in [0.2, 0.25) is 5.02 Å². The van der Waals surface area contributed by atoms with Gasteiger partial charge in [0.1, 0.15) is 5.75 Å². The van der Waals surface area contributed by atoms with Crippen LogP contribution in [0.5, 0.6) is 5.75 Å². The third-order valence-electron chi connectivity index (χ3n) is 4.24. The highest BCUT2D eigenvalue weighted by Crippen LogP contribution is 2.35. The lowest BCUT2D eigenvalue weighted by Crippen LogP contribution is -1.91. The summed E-state index contributed by atoms with van der Waals surface area (Å²) in [6.45, 7) is 0. The zero-order chi connectivity index (χ0) is 17.9. The van der Waals surface area contributed by atoms with Crippen LogP contribution in [-0.4, -0.2) is 10.1 Å². The molecule has 126 valence electrons. The van der Waals surface area contributed by atoms with E-state index in [1.807, 2.05) is 54.6 Å². The van der Waals surface area contributed by atoms with Crippen LogP contribution in [0.15, 0.2) is 91.0 Å². The Morgan fingerprint density at radius 2 is 1.23 bits per heavy atom. The van der Waals surface area contributed by atoms with Gasteiger partial charge in [0.25, 0.3) is 0 Å². The maximum Gasteiger partial charge on any atom is 0.125 e. The number of benzene rings is 3. The standard InChI is InChI=1S/C23H16ClNO/c24-19-11-12-23(26)20(15-19)22-14-18(16-7-3-1-4-8-16)13-21(25-22)17-9-5-2-6-10-17/h1-15,26H. The van der Waals surface area contributed by atoms with Gasteiger partial charge in [0, 0.05) is 16.1 Å². The molecule has 0 atom stereocenters. The number of hydrogen-bond donors (Lipinski definition) is 1. The lowest BCUT2D eigenvalue weighted by Gasteiger charge is -2.11. The molecule has 0 radical (unpaired) electrons. The van der Waals surface area contributed by atoms with Crippen molar-refractivity contribution in [1.82, 2.24) is 4.98 Å². The Hall–Kier alpha value is -3.10. The van der Waals surface area contributed by atoms with Crippen LogP contribution < -0.4 is 0 Å². The van der Waals surface area contributed by atoms with Crippen molar-refractivity contribution < 1.29 is 5.11 Å². The monoisotopic (exact) mass is 357 g/mol. The largest absolute Gasteiger partial charge is 0.507 e. The zero-order valence-electron chi connectivity index (χ0n) is 13.9. The molecule has 1 heterocycles. The van der Waals surface area contributed by atoms with Gasteiger partial charge in [-0.25, -0.2) is 4.98 Å². The Balaban J connectivity index is 1.95. The molecule has 0 aliphatic rings. The minimum Gasteiger partial charge on any atom is -0.507 e. The van der Waals surface area contributed by atoms with Gasteiger partial charge in [-0.3, -0.25) is 0 Å². The highest BCUT2D eigenvalue weighted by atomic mass is 35.5. The number of phenolic OH excluding ortho intramolecular Hbond substituents is 1. The topological polar surface area (TPSA) is 33.1 Å². The van der Waals surface area contributed by atoms with E-state index in [1.165, 1.54) is 0 Å². The van der Waals surface area contributed by atoms with E-state index in [2.05, 4.69) is 18.2 Å². The first kappa shape index (κ1) is 16.4. The Kier molecular flexibility index (Phi) is 4.42. The van der Waals surface area contributed by atoms with Gasteiger partial charge in [0.05, 0.1) is 11.4 Å². The summed E-state index contributed by atoms with van der Waals surface area (Å²) in [6.07, 6.45) is 0. The second kappa shape index (κ2) is 7.03. The van der Waals surface area contributed by atoms with Gasteiger partial charge in [-0.2, -0.15) is 0 Å². The molecule has 0 saturated carbocycles. The third kappa shape index (κ3) is 3.32. The van der Waals surface area contributed by atoms with Crippen molar-refractivity contribution in [2.45, 2.75) is 0 Å². The minimum atomic E-state index is 0.158. The number of pyridine rings is 1. The number of aromatic nitrogens is 1. The molecule has 0 unspecified atom stereocenters. The molecule has 0 saturated heterocycles. The number of rotatable bonds is 3. The predicted molar refractivity (Wildman–Crippen MR) is 107 cm³/mol. The van der Waals surface area contributed by atoms with Crippen LogP contribution in [0.4, 0.5) is 0 Å². The van der Waals surface area contributed by atoms with Gasteiger partial charge < -0.3 is 5.11 Å².